The Kier molecular flexibility index (Phi) is 8.33. The Morgan fingerprint density at radius 2 is 1.76 bits per heavy atom. The van der Waals surface area contributed by atoms with Crippen molar-refractivity contribution >= 4 is 50.5 Å². The number of carbonyl (C=O) groups is 2. The van der Waals surface area contributed by atoms with Gasteiger partial charge in [-0.25, -0.2) is 19.3 Å². The average Bonchev–Trinajstić information content (AvgIpc) is 3.29. The van der Waals surface area contributed by atoms with Crippen LogP contribution >= 0.6 is 23.2 Å². The van der Waals surface area contributed by atoms with E-state index in [-0.39, 0.29) is 33.5 Å². The normalized spacial score (nSPS) is 19.2. The van der Waals surface area contributed by atoms with Crippen molar-refractivity contribution in [3.05, 3.63) is 58.1 Å². The van der Waals surface area contributed by atoms with E-state index in [2.05, 4.69) is 21.5 Å². The van der Waals surface area contributed by atoms with Crippen molar-refractivity contribution < 1.29 is 22.7 Å². The molecule has 0 aliphatic carbocycles. The summed E-state index contributed by atoms with van der Waals surface area (Å²) in [5.41, 5.74) is 6.20. The average molecular weight is 515 g/mol. The highest BCUT2D eigenvalue weighted by molar-refractivity contribution is 7.92. The van der Waals surface area contributed by atoms with E-state index in [1.807, 2.05) is 6.92 Å². The number of halogens is 2. The molecule has 0 saturated carbocycles. The molecule has 0 bridgehead atoms. The van der Waals surface area contributed by atoms with Gasteiger partial charge >= 0.3 is 0 Å². The summed E-state index contributed by atoms with van der Waals surface area (Å²) in [6, 6.07) is 9.92. The van der Waals surface area contributed by atoms with E-state index >= 15 is 0 Å². The first kappa shape index (κ1) is 25.4. The summed E-state index contributed by atoms with van der Waals surface area (Å²) in [6.45, 7) is 1.89. The number of amides is 2. The van der Waals surface area contributed by atoms with Crippen LogP contribution < -0.4 is 21.5 Å². The second-order valence-corrected chi connectivity index (χ2v) is 10.2. The molecule has 2 aromatic carbocycles. The Balaban J connectivity index is 1.62. The smallest absolute Gasteiger partial charge is 0.253 e. The quantitative estimate of drug-likeness (QED) is 0.399. The fourth-order valence-corrected chi connectivity index (χ4v) is 5.97. The molecule has 3 unspecified atom stereocenters. The summed E-state index contributed by atoms with van der Waals surface area (Å²) in [4.78, 5) is 24.7. The molecule has 1 heterocycles. The molecule has 3 atom stereocenters. The van der Waals surface area contributed by atoms with Crippen LogP contribution in [-0.2, 0) is 19.4 Å². The number of sulfone groups is 1. The standard InChI is InChI=1S/C21H24Cl2N4O5S/c1-3-17(32-2)25-20(28)12-7-9-13(10-8-12)24-21(29)16-11-18(27-26-16)33(30,31)19-14(22)5-4-6-15(19)23/h4-10,16-18,26-27H,3,11H2,1-2H3,(H,24,29)(H,25,28). The van der Waals surface area contributed by atoms with E-state index in [9.17, 15) is 18.0 Å². The number of hydrazine groups is 1. The van der Waals surface area contributed by atoms with Gasteiger partial charge in [0.2, 0.25) is 5.91 Å². The number of hydrogen-bond acceptors (Lipinski definition) is 7. The molecule has 0 spiro atoms. The molecule has 0 radical (unpaired) electrons. The van der Waals surface area contributed by atoms with Crippen molar-refractivity contribution in [3.63, 3.8) is 0 Å². The van der Waals surface area contributed by atoms with Crippen LogP contribution in [0.4, 0.5) is 5.69 Å². The fraction of sp³-hybridized carbons (Fsp3) is 0.333. The predicted molar refractivity (Wildman–Crippen MR) is 126 cm³/mol. The second-order valence-electron chi connectivity index (χ2n) is 7.33. The molecule has 4 N–H and O–H groups in total. The van der Waals surface area contributed by atoms with Crippen molar-refractivity contribution in [2.45, 2.75) is 42.3 Å². The van der Waals surface area contributed by atoms with Crippen molar-refractivity contribution in [1.29, 1.82) is 0 Å². The molecule has 2 aromatic rings. The number of benzene rings is 2. The zero-order valence-corrected chi connectivity index (χ0v) is 20.2. The molecule has 1 aliphatic heterocycles. The number of hydrogen-bond donors (Lipinski definition) is 4. The van der Waals surface area contributed by atoms with Crippen molar-refractivity contribution in [3.8, 4) is 0 Å². The maximum atomic E-state index is 13.0. The lowest BCUT2D eigenvalue weighted by Gasteiger charge is -2.15. The lowest BCUT2D eigenvalue weighted by Crippen LogP contribution is -2.41. The van der Waals surface area contributed by atoms with Gasteiger partial charge < -0.3 is 15.4 Å². The SMILES string of the molecule is CCC(NC(=O)c1ccc(NC(=O)C2CC(S(=O)(=O)c3c(Cl)cccc3Cl)NN2)cc1)OC. The minimum Gasteiger partial charge on any atom is -0.362 e. The van der Waals surface area contributed by atoms with Crippen molar-refractivity contribution in [2.75, 3.05) is 12.4 Å². The highest BCUT2D eigenvalue weighted by Crippen LogP contribution is 2.33. The maximum absolute atomic E-state index is 13.0. The van der Waals surface area contributed by atoms with Crippen molar-refractivity contribution in [2.24, 2.45) is 0 Å². The molecule has 1 fully saturated rings. The van der Waals surface area contributed by atoms with Gasteiger partial charge in [-0.1, -0.05) is 36.2 Å². The topological polar surface area (TPSA) is 126 Å². The fourth-order valence-electron chi connectivity index (χ4n) is 3.29. The van der Waals surface area contributed by atoms with Gasteiger partial charge in [0.05, 0.1) is 10.0 Å². The zero-order chi connectivity index (χ0) is 24.2. The predicted octanol–water partition coefficient (Wildman–Crippen LogP) is 2.71. The lowest BCUT2D eigenvalue weighted by atomic mass is 10.1. The molecule has 0 aromatic heterocycles. The zero-order valence-electron chi connectivity index (χ0n) is 17.9. The number of carbonyl (C=O) groups excluding carboxylic acids is 2. The van der Waals surface area contributed by atoms with Crippen molar-refractivity contribution in [1.82, 2.24) is 16.2 Å². The summed E-state index contributed by atoms with van der Waals surface area (Å²) in [6.07, 6.45) is 0.201. The van der Waals surface area contributed by atoms with Gasteiger partial charge in [-0.15, -0.1) is 0 Å². The Morgan fingerprint density at radius 1 is 1.12 bits per heavy atom. The van der Waals surface area contributed by atoms with Gasteiger partial charge in [0.1, 0.15) is 22.5 Å². The molecule has 12 heteroatoms. The third-order valence-electron chi connectivity index (χ3n) is 5.12. The summed E-state index contributed by atoms with van der Waals surface area (Å²) in [7, 11) is -2.43. The van der Waals surface area contributed by atoms with Gasteiger partial charge in [0.15, 0.2) is 9.84 Å². The van der Waals surface area contributed by atoms with Crippen LogP contribution in [0.1, 0.15) is 30.1 Å². The third-order valence-corrected chi connectivity index (χ3v) is 8.05. The largest absolute Gasteiger partial charge is 0.362 e. The van der Waals surface area contributed by atoms with Gasteiger partial charge in [-0.3, -0.25) is 9.59 Å². The third kappa shape index (κ3) is 5.84. The van der Waals surface area contributed by atoms with Gasteiger partial charge in [0.25, 0.3) is 5.91 Å². The number of methoxy groups -OCH3 is 1. The molecular formula is C21H24Cl2N4O5S. The van der Waals surface area contributed by atoms with Crippen LogP contribution in [0.3, 0.4) is 0 Å². The summed E-state index contributed by atoms with van der Waals surface area (Å²) in [5.74, 6) is -0.734. The Morgan fingerprint density at radius 3 is 2.33 bits per heavy atom. The van der Waals surface area contributed by atoms with Crippen LogP contribution in [-0.4, -0.2) is 45.0 Å². The Bertz CT molecular complexity index is 1100. The molecular weight excluding hydrogens is 491 g/mol. The molecule has 9 nitrogen and oxygen atoms in total. The Hall–Kier alpha value is -2.21. The molecule has 1 aliphatic rings. The van der Waals surface area contributed by atoms with E-state index in [1.54, 1.807) is 30.3 Å². The van der Waals surface area contributed by atoms with Crippen LogP contribution in [0.2, 0.25) is 10.0 Å². The van der Waals surface area contributed by atoms with E-state index in [4.69, 9.17) is 27.9 Å². The lowest BCUT2D eigenvalue weighted by molar-refractivity contribution is -0.117. The number of anilines is 1. The number of rotatable bonds is 8. The number of ether oxygens (including phenoxy) is 1. The van der Waals surface area contributed by atoms with Gasteiger partial charge in [-0.05, 0) is 42.8 Å². The van der Waals surface area contributed by atoms with Crippen LogP contribution in [0.15, 0.2) is 47.4 Å². The first-order chi connectivity index (χ1) is 15.7. The highest BCUT2D eigenvalue weighted by Gasteiger charge is 2.39. The Labute approximate surface area is 202 Å². The van der Waals surface area contributed by atoms with E-state index in [1.165, 1.54) is 19.2 Å². The molecule has 2 amide bonds. The minimum atomic E-state index is -3.94. The van der Waals surface area contributed by atoms with Gasteiger partial charge in [-0.2, -0.15) is 0 Å². The van der Waals surface area contributed by atoms with Crippen LogP contribution in [0.5, 0.6) is 0 Å². The first-order valence-electron chi connectivity index (χ1n) is 10.1. The van der Waals surface area contributed by atoms with Gasteiger partial charge in [0, 0.05) is 24.8 Å². The van der Waals surface area contributed by atoms with Crippen LogP contribution in [0.25, 0.3) is 0 Å². The highest BCUT2D eigenvalue weighted by atomic mass is 35.5. The summed E-state index contributed by atoms with van der Waals surface area (Å²) in [5, 5.41) is 4.37. The summed E-state index contributed by atoms with van der Waals surface area (Å²) < 4.78 is 31.1. The monoisotopic (exact) mass is 514 g/mol. The summed E-state index contributed by atoms with van der Waals surface area (Å²) >= 11 is 12.1. The molecule has 33 heavy (non-hydrogen) atoms. The maximum Gasteiger partial charge on any atom is 0.253 e. The van der Waals surface area contributed by atoms with E-state index in [0.29, 0.717) is 17.7 Å². The number of nitrogens with one attached hydrogen (secondary N) is 4. The second kappa shape index (κ2) is 10.8. The molecule has 3 rings (SSSR count). The first-order valence-corrected chi connectivity index (χ1v) is 12.4. The molecule has 178 valence electrons. The van der Waals surface area contributed by atoms with Crippen LogP contribution in [0, 0.1) is 0 Å². The van der Waals surface area contributed by atoms with E-state index < -0.39 is 27.2 Å². The molecule has 1 saturated heterocycles. The minimum absolute atomic E-state index is 0.0112. The van der Waals surface area contributed by atoms with E-state index in [0.717, 1.165) is 0 Å².